The largest absolute Gasteiger partial charge is 0.496 e. The van der Waals surface area contributed by atoms with E-state index in [2.05, 4.69) is 24.1 Å². The lowest BCUT2D eigenvalue weighted by Gasteiger charge is -2.22. The van der Waals surface area contributed by atoms with Gasteiger partial charge in [-0.15, -0.1) is 0 Å². The first-order valence-electron chi connectivity index (χ1n) is 9.79. The molecule has 1 saturated heterocycles. The molecule has 0 aromatic heterocycles. The summed E-state index contributed by atoms with van der Waals surface area (Å²) in [6.45, 7) is 8.20. The first-order valence-corrected chi connectivity index (χ1v) is 9.79. The predicted octanol–water partition coefficient (Wildman–Crippen LogP) is 3.94. The van der Waals surface area contributed by atoms with Gasteiger partial charge in [0, 0.05) is 30.4 Å². The average molecular weight is 393 g/mol. The number of carbonyl (C=O) groups excluding carboxylic acids is 2. The van der Waals surface area contributed by atoms with E-state index in [1.54, 1.807) is 13.2 Å². The predicted molar refractivity (Wildman–Crippen MR) is 115 cm³/mol. The summed E-state index contributed by atoms with van der Waals surface area (Å²) in [6, 6.07) is 13.2. The molecule has 0 unspecified atom stereocenters. The molecule has 1 N–H and O–H groups in total. The Morgan fingerprint density at radius 2 is 1.86 bits per heavy atom. The average Bonchev–Trinajstić information content (AvgIpc) is 2.97. The number of aryl methyl sites for hydroxylation is 1. The van der Waals surface area contributed by atoms with Crippen molar-refractivity contribution in [1.82, 2.24) is 10.2 Å². The van der Waals surface area contributed by atoms with Gasteiger partial charge in [-0.1, -0.05) is 29.8 Å². The minimum absolute atomic E-state index is 0.238. The van der Waals surface area contributed by atoms with Gasteiger partial charge in [-0.3, -0.25) is 9.69 Å². The molecule has 6 heteroatoms. The van der Waals surface area contributed by atoms with Crippen molar-refractivity contribution >= 4 is 23.7 Å². The smallest absolute Gasteiger partial charge is 0.329 e. The van der Waals surface area contributed by atoms with Crippen molar-refractivity contribution in [3.8, 4) is 5.75 Å². The topological polar surface area (TPSA) is 61.9 Å². The number of rotatable bonds is 7. The van der Waals surface area contributed by atoms with Crippen molar-refractivity contribution in [3.63, 3.8) is 0 Å². The van der Waals surface area contributed by atoms with Crippen LogP contribution < -0.4 is 15.0 Å². The molecule has 0 spiro atoms. The zero-order valence-electron chi connectivity index (χ0n) is 17.4. The second kappa shape index (κ2) is 8.82. The molecule has 1 heterocycles. The van der Waals surface area contributed by atoms with E-state index in [4.69, 9.17) is 4.74 Å². The van der Waals surface area contributed by atoms with E-state index in [-0.39, 0.29) is 18.1 Å². The van der Waals surface area contributed by atoms with Gasteiger partial charge in [0.15, 0.2) is 0 Å². The van der Waals surface area contributed by atoms with E-state index < -0.39 is 6.03 Å². The van der Waals surface area contributed by atoms with Crippen molar-refractivity contribution in [3.05, 3.63) is 64.9 Å². The summed E-state index contributed by atoms with van der Waals surface area (Å²) in [5, 5.41) is 2.68. The first-order chi connectivity index (χ1) is 14.0. The Bertz CT molecular complexity index is 948. The highest BCUT2D eigenvalue weighted by molar-refractivity contribution is 6.14. The number of ether oxygens (including phenoxy) is 1. The Morgan fingerprint density at radius 3 is 2.52 bits per heavy atom. The molecule has 1 aliphatic heterocycles. The zero-order chi connectivity index (χ0) is 21.0. The van der Waals surface area contributed by atoms with E-state index in [9.17, 15) is 9.59 Å². The summed E-state index contributed by atoms with van der Waals surface area (Å²) in [5.41, 5.74) is 4.04. The van der Waals surface area contributed by atoms with Crippen LogP contribution in [0.2, 0.25) is 0 Å². The fourth-order valence-corrected chi connectivity index (χ4v) is 3.47. The standard InChI is InChI=1S/C23H27N3O3/c1-5-25(6-2)19-11-10-18(21(14-19)29-4)13-20-22(27)26(23(28)24-20)15-17-9-7-8-16(3)12-17/h7-14H,5-6,15H2,1-4H3,(H,24,28). The van der Waals surface area contributed by atoms with Crippen molar-refractivity contribution in [2.75, 3.05) is 25.1 Å². The Hall–Kier alpha value is -3.28. The lowest BCUT2D eigenvalue weighted by atomic mass is 10.1. The number of nitrogens with one attached hydrogen (secondary N) is 1. The highest BCUT2D eigenvalue weighted by Crippen LogP contribution is 2.28. The summed E-state index contributed by atoms with van der Waals surface area (Å²) in [7, 11) is 1.60. The van der Waals surface area contributed by atoms with Crippen molar-refractivity contribution in [2.45, 2.75) is 27.3 Å². The van der Waals surface area contributed by atoms with E-state index in [0.717, 1.165) is 35.5 Å². The van der Waals surface area contributed by atoms with E-state index >= 15 is 0 Å². The lowest BCUT2D eigenvalue weighted by Crippen LogP contribution is -2.30. The second-order valence-corrected chi connectivity index (χ2v) is 6.97. The number of amides is 3. The third kappa shape index (κ3) is 4.42. The highest BCUT2D eigenvalue weighted by Gasteiger charge is 2.33. The summed E-state index contributed by atoms with van der Waals surface area (Å²) in [6.07, 6.45) is 1.67. The molecule has 3 rings (SSSR count). The summed E-state index contributed by atoms with van der Waals surface area (Å²) in [4.78, 5) is 28.6. The molecule has 6 nitrogen and oxygen atoms in total. The van der Waals surface area contributed by atoms with Crippen LogP contribution in [0.3, 0.4) is 0 Å². The molecule has 0 aliphatic carbocycles. The molecule has 2 aromatic carbocycles. The monoisotopic (exact) mass is 393 g/mol. The van der Waals surface area contributed by atoms with Crippen molar-refractivity contribution < 1.29 is 14.3 Å². The molecule has 29 heavy (non-hydrogen) atoms. The van der Waals surface area contributed by atoms with E-state index in [1.807, 2.05) is 49.4 Å². The number of imide groups is 1. The number of nitrogens with zero attached hydrogens (tertiary/aromatic N) is 2. The maximum Gasteiger partial charge on any atom is 0.329 e. The molecular weight excluding hydrogens is 366 g/mol. The van der Waals surface area contributed by atoms with Crippen LogP contribution in [-0.2, 0) is 11.3 Å². The summed E-state index contributed by atoms with van der Waals surface area (Å²) in [5.74, 6) is 0.312. The zero-order valence-corrected chi connectivity index (χ0v) is 17.4. The maximum atomic E-state index is 12.8. The minimum Gasteiger partial charge on any atom is -0.496 e. The van der Waals surface area contributed by atoms with Crippen LogP contribution in [0.25, 0.3) is 6.08 Å². The normalized spacial score (nSPS) is 15.0. The molecule has 3 amide bonds. The van der Waals surface area contributed by atoms with E-state index in [1.165, 1.54) is 4.90 Å². The molecule has 152 valence electrons. The summed E-state index contributed by atoms with van der Waals surface area (Å²) >= 11 is 0. The fourth-order valence-electron chi connectivity index (χ4n) is 3.47. The van der Waals surface area contributed by atoms with Gasteiger partial charge in [-0.25, -0.2) is 4.79 Å². The van der Waals surface area contributed by atoms with Gasteiger partial charge >= 0.3 is 6.03 Å². The number of carbonyl (C=O) groups is 2. The van der Waals surface area contributed by atoms with Gasteiger partial charge in [0.1, 0.15) is 11.4 Å². The Labute approximate surface area is 171 Å². The lowest BCUT2D eigenvalue weighted by molar-refractivity contribution is -0.123. The van der Waals surface area contributed by atoms with Gasteiger partial charge in [0.25, 0.3) is 5.91 Å². The Morgan fingerprint density at radius 1 is 1.10 bits per heavy atom. The SMILES string of the molecule is CCN(CC)c1ccc(C=C2NC(=O)N(Cc3cccc(C)c3)C2=O)c(OC)c1. The number of urea groups is 1. The number of benzene rings is 2. The quantitative estimate of drug-likeness (QED) is 0.572. The number of hydrogen-bond donors (Lipinski definition) is 1. The molecule has 2 aromatic rings. The molecule has 1 fully saturated rings. The third-order valence-corrected chi connectivity index (χ3v) is 5.03. The molecule has 1 aliphatic rings. The van der Waals surface area contributed by atoms with Crippen LogP contribution in [-0.4, -0.2) is 37.0 Å². The van der Waals surface area contributed by atoms with Crippen LogP contribution in [0.1, 0.15) is 30.5 Å². The third-order valence-electron chi connectivity index (χ3n) is 5.03. The van der Waals surface area contributed by atoms with Gasteiger partial charge < -0.3 is 15.0 Å². The number of hydrogen-bond acceptors (Lipinski definition) is 4. The van der Waals surface area contributed by atoms with Crippen molar-refractivity contribution in [2.24, 2.45) is 0 Å². The van der Waals surface area contributed by atoms with Gasteiger partial charge in [-0.05, 0) is 44.5 Å². The number of anilines is 1. The van der Waals surface area contributed by atoms with Crippen LogP contribution in [0.15, 0.2) is 48.2 Å². The second-order valence-electron chi connectivity index (χ2n) is 6.97. The van der Waals surface area contributed by atoms with Gasteiger partial charge in [0.05, 0.1) is 13.7 Å². The molecular formula is C23H27N3O3. The molecule has 0 bridgehead atoms. The molecule has 0 saturated carbocycles. The van der Waals surface area contributed by atoms with Gasteiger partial charge in [0.2, 0.25) is 0 Å². The summed E-state index contributed by atoms with van der Waals surface area (Å²) < 4.78 is 5.52. The number of methoxy groups -OCH3 is 1. The first kappa shape index (κ1) is 20.5. The molecule has 0 radical (unpaired) electrons. The maximum absolute atomic E-state index is 12.8. The Balaban J connectivity index is 1.85. The Kier molecular flexibility index (Phi) is 6.22. The van der Waals surface area contributed by atoms with Crippen LogP contribution in [0, 0.1) is 6.92 Å². The van der Waals surface area contributed by atoms with Crippen LogP contribution >= 0.6 is 0 Å². The van der Waals surface area contributed by atoms with Crippen LogP contribution in [0.5, 0.6) is 5.75 Å². The highest BCUT2D eigenvalue weighted by atomic mass is 16.5. The fraction of sp³-hybridized carbons (Fsp3) is 0.304. The molecule has 0 atom stereocenters. The van der Waals surface area contributed by atoms with Crippen molar-refractivity contribution in [1.29, 1.82) is 0 Å². The van der Waals surface area contributed by atoms with Crippen LogP contribution in [0.4, 0.5) is 10.5 Å². The minimum atomic E-state index is -0.415. The van der Waals surface area contributed by atoms with Gasteiger partial charge in [-0.2, -0.15) is 0 Å². The van der Waals surface area contributed by atoms with E-state index in [0.29, 0.717) is 5.75 Å².